The Bertz CT molecular complexity index is 2220. The minimum absolute atomic E-state index is 0.0133. The summed E-state index contributed by atoms with van der Waals surface area (Å²) in [5.74, 6) is 12.4. The van der Waals surface area contributed by atoms with E-state index in [4.69, 9.17) is 14.5 Å². The summed E-state index contributed by atoms with van der Waals surface area (Å²) in [5.41, 5.74) is 3.19. The van der Waals surface area contributed by atoms with E-state index in [1.165, 1.54) is 14.2 Å². The number of fused-ring (bicyclic) bond motifs is 1. The second-order valence-corrected chi connectivity index (χ2v) is 14.9. The molecule has 2 aliphatic heterocycles. The lowest BCUT2D eigenvalue weighted by Crippen LogP contribution is -2.51. The third kappa shape index (κ3) is 8.57. The minimum Gasteiger partial charge on any atom is -0.469 e. The molecular weight excluding hydrogens is 711 g/mol. The third-order valence-electron chi connectivity index (χ3n) is 10.7. The fourth-order valence-electron chi connectivity index (χ4n) is 7.64. The van der Waals surface area contributed by atoms with Gasteiger partial charge in [0.2, 0.25) is 11.8 Å². The molecule has 4 heterocycles. The fraction of sp³-hybridized carbons (Fsp3) is 0.442. The van der Waals surface area contributed by atoms with Gasteiger partial charge in [-0.05, 0) is 72.1 Å². The number of methoxy groups -OCH3 is 2. The van der Waals surface area contributed by atoms with Gasteiger partial charge in [-0.2, -0.15) is 0 Å². The molecule has 2 aromatic carbocycles. The lowest BCUT2D eigenvalue weighted by molar-refractivity contribution is -0.148. The number of imidazole rings is 2. The molecular formula is C43H49N7O6. The van der Waals surface area contributed by atoms with Gasteiger partial charge in [0.25, 0.3) is 0 Å². The van der Waals surface area contributed by atoms with Crippen LogP contribution in [-0.2, 0) is 23.9 Å². The van der Waals surface area contributed by atoms with Crippen LogP contribution < -0.4 is 5.32 Å². The maximum absolute atomic E-state index is 13.6. The molecule has 0 aliphatic carbocycles. The molecule has 4 aromatic rings. The number of aromatic amines is 2. The van der Waals surface area contributed by atoms with Gasteiger partial charge in [-0.1, -0.05) is 63.9 Å². The minimum atomic E-state index is -0.708. The summed E-state index contributed by atoms with van der Waals surface area (Å²) in [4.78, 5) is 70.8. The summed E-state index contributed by atoms with van der Waals surface area (Å²) in [7, 11) is 2.62. The molecule has 2 aromatic heterocycles. The number of esters is 1. The smallest absolute Gasteiger partial charge is 0.407 e. The van der Waals surface area contributed by atoms with Crippen molar-refractivity contribution in [1.29, 1.82) is 0 Å². The number of H-pyrrole nitrogens is 2. The molecule has 6 rings (SSSR count). The van der Waals surface area contributed by atoms with Crippen LogP contribution in [0.5, 0.6) is 0 Å². The van der Waals surface area contributed by atoms with Gasteiger partial charge in [0, 0.05) is 24.2 Å². The molecule has 0 unspecified atom stereocenters. The number of nitrogens with zero attached hydrogens (tertiary/aromatic N) is 4. The normalized spacial score (nSPS) is 17.6. The highest BCUT2D eigenvalue weighted by atomic mass is 16.5. The Morgan fingerprint density at radius 3 is 2.11 bits per heavy atom. The van der Waals surface area contributed by atoms with Gasteiger partial charge in [-0.3, -0.25) is 14.4 Å². The van der Waals surface area contributed by atoms with E-state index in [0.29, 0.717) is 30.4 Å². The Hall–Kier alpha value is -6.08. The number of alkyl carbamates (subject to hydrolysis) is 1. The van der Waals surface area contributed by atoms with Crippen LogP contribution in [0.25, 0.3) is 22.0 Å². The predicted molar refractivity (Wildman–Crippen MR) is 210 cm³/mol. The highest BCUT2D eigenvalue weighted by Gasteiger charge is 2.39. The topological polar surface area (TPSA) is 163 Å². The highest BCUT2D eigenvalue weighted by molar-refractivity contribution is 5.99. The van der Waals surface area contributed by atoms with Crippen molar-refractivity contribution in [2.75, 3.05) is 27.3 Å². The lowest BCUT2D eigenvalue weighted by Gasteiger charge is -2.30. The van der Waals surface area contributed by atoms with E-state index >= 15 is 0 Å². The SMILES string of the molecule is COC(=O)C[C@H](C(=O)N1CCC[C@H]1c1ncc(C#CC#Cc2ccc(-c3cnc([C@@H]4CCCN4C(=O)[C@@H](NC(=O)OC)C(C)C)[nH]3)c3ccccc23)[nH]1)C(C)C. The Balaban J connectivity index is 1.17. The number of likely N-dealkylation sites (tertiary alicyclic amines) is 2. The predicted octanol–water partition coefficient (Wildman–Crippen LogP) is 5.90. The quantitative estimate of drug-likeness (QED) is 0.133. The molecule has 3 N–H and O–H groups in total. The summed E-state index contributed by atoms with van der Waals surface area (Å²) in [6.45, 7) is 8.85. The van der Waals surface area contributed by atoms with E-state index in [2.05, 4.69) is 44.0 Å². The molecule has 3 amide bonds. The van der Waals surface area contributed by atoms with E-state index in [9.17, 15) is 19.2 Å². The molecule has 2 saturated heterocycles. The van der Waals surface area contributed by atoms with Crippen molar-refractivity contribution >= 4 is 34.6 Å². The van der Waals surface area contributed by atoms with Gasteiger partial charge in [0.05, 0.1) is 56.7 Å². The van der Waals surface area contributed by atoms with Crippen LogP contribution in [0.2, 0.25) is 0 Å². The summed E-state index contributed by atoms with van der Waals surface area (Å²) < 4.78 is 9.61. The van der Waals surface area contributed by atoms with E-state index in [1.54, 1.807) is 17.3 Å². The van der Waals surface area contributed by atoms with Gasteiger partial charge in [0.1, 0.15) is 23.4 Å². The zero-order chi connectivity index (χ0) is 39.9. The molecule has 2 aliphatic rings. The molecule has 292 valence electrons. The molecule has 0 radical (unpaired) electrons. The van der Waals surface area contributed by atoms with Crippen LogP contribution in [0.1, 0.15) is 94.8 Å². The highest BCUT2D eigenvalue weighted by Crippen LogP contribution is 2.36. The Kier molecular flexibility index (Phi) is 12.4. The summed E-state index contributed by atoms with van der Waals surface area (Å²) in [6, 6.07) is 10.8. The van der Waals surface area contributed by atoms with Crippen LogP contribution in [0.3, 0.4) is 0 Å². The van der Waals surface area contributed by atoms with Gasteiger partial charge >= 0.3 is 12.1 Å². The monoisotopic (exact) mass is 759 g/mol. The van der Waals surface area contributed by atoms with E-state index < -0.39 is 24.0 Å². The number of nitrogens with one attached hydrogen (secondary N) is 3. The molecule has 13 heteroatoms. The number of carbonyl (C=O) groups is 4. The maximum atomic E-state index is 13.6. The summed E-state index contributed by atoms with van der Waals surface area (Å²) in [5, 5.41) is 4.65. The van der Waals surface area contributed by atoms with Gasteiger partial charge in [-0.15, -0.1) is 0 Å². The Labute approximate surface area is 327 Å². The lowest BCUT2D eigenvalue weighted by atomic mass is 9.91. The van der Waals surface area contributed by atoms with Crippen LogP contribution >= 0.6 is 0 Å². The van der Waals surface area contributed by atoms with Crippen molar-refractivity contribution in [3.05, 3.63) is 71.7 Å². The molecule has 0 bridgehead atoms. The Morgan fingerprint density at radius 2 is 1.45 bits per heavy atom. The first-order valence-electron chi connectivity index (χ1n) is 19.2. The largest absolute Gasteiger partial charge is 0.469 e. The van der Waals surface area contributed by atoms with Gasteiger partial charge in [0.15, 0.2) is 0 Å². The number of ether oxygens (including phenoxy) is 2. The van der Waals surface area contributed by atoms with Crippen molar-refractivity contribution in [3.63, 3.8) is 0 Å². The number of benzene rings is 2. The first-order chi connectivity index (χ1) is 27.0. The Morgan fingerprint density at radius 1 is 0.804 bits per heavy atom. The number of hydrogen-bond acceptors (Lipinski definition) is 8. The average Bonchev–Trinajstić information content (AvgIpc) is 4.04. The van der Waals surface area contributed by atoms with E-state index in [1.807, 2.05) is 69.0 Å². The fourth-order valence-corrected chi connectivity index (χ4v) is 7.64. The van der Waals surface area contributed by atoms with E-state index in [0.717, 1.165) is 53.3 Å². The zero-order valence-electron chi connectivity index (χ0n) is 32.8. The first-order valence-corrected chi connectivity index (χ1v) is 19.2. The van der Waals surface area contributed by atoms with Gasteiger partial charge in [-0.25, -0.2) is 14.8 Å². The molecule has 56 heavy (non-hydrogen) atoms. The molecule has 13 nitrogen and oxygen atoms in total. The second kappa shape index (κ2) is 17.6. The second-order valence-electron chi connectivity index (χ2n) is 14.9. The summed E-state index contributed by atoms with van der Waals surface area (Å²) >= 11 is 0. The molecule has 2 fully saturated rings. The van der Waals surface area contributed by atoms with Crippen molar-refractivity contribution < 1.29 is 28.7 Å². The number of carbonyl (C=O) groups excluding carboxylic acids is 4. The number of aromatic nitrogens is 4. The van der Waals surface area contributed by atoms with Crippen LogP contribution in [0, 0.1) is 41.4 Å². The number of hydrogen-bond donors (Lipinski definition) is 3. The maximum Gasteiger partial charge on any atom is 0.407 e. The van der Waals surface area contributed by atoms with Crippen molar-refractivity contribution in [1.82, 2.24) is 35.1 Å². The molecule has 0 spiro atoms. The van der Waals surface area contributed by atoms with Gasteiger partial charge < -0.3 is 34.6 Å². The van der Waals surface area contributed by atoms with Crippen molar-refractivity contribution in [2.45, 2.75) is 77.9 Å². The van der Waals surface area contributed by atoms with Crippen LogP contribution in [0.15, 0.2) is 48.8 Å². The first kappa shape index (κ1) is 39.6. The number of amides is 3. The summed E-state index contributed by atoms with van der Waals surface area (Å²) in [6.07, 6.45) is 6.07. The molecule has 4 atom stereocenters. The van der Waals surface area contributed by atoms with Crippen LogP contribution in [-0.4, -0.2) is 87.0 Å². The van der Waals surface area contributed by atoms with Crippen LogP contribution in [0.4, 0.5) is 4.79 Å². The van der Waals surface area contributed by atoms with Crippen molar-refractivity contribution in [3.8, 4) is 34.9 Å². The average molecular weight is 760 g/mol. The van der Waals surface area contributed by atoms with Crippen molar-refractivity contribution in [2.24, 2.45) is 17.8 Å². The standard InChI is InChI=1S/C43H49N7O6/c1-26(2)33(23-37(51)55-5)41(52)49-21-11-17-35(49)39-44-24-29(46-39)14-8-7-13-28-19-20-32(31-16-10-9-15-30(28)31)34-25-45-40(47-34)36-18-12-22-50(36)42(53)38(27(3)4)48-43(54)56-6/h9-10,15-16,19-20,24-27,33,35-36,38H,11-12,17-18,21-23H2,1-6H3,(H,44,46)(H,45,47)(H,48,54)/t33-,35-,36-,38-/m0/s1. The van der Waals surface area contributed by atoms with E-state index in [-0.39, 0.29) is 42.2 Å². The third-order valence-corrected chi connectivity index (χ3v) is 10.7. The zero-order valence-corrected chi connectivity index (χ0v) is 32.8. The molecule has 0 saturated carbocycles. The number of rotatable bonds is 10.